The maximum atomic E-state index is 5.59. The van der Waals surface area contributed by atoms with Gasteiger partial charge in [0.15, 0.2) is 18.2 Å². The molecule has 0 aliphatic carbocycles. The second-order valence-electron chi connectivity index (χ2n) is 5.20. The highest BCUT2D eigenvalue weighted by molar-refractivity contribution is 6.67. The largest absolute Gasteiger partial charge is 0.486 e. The van der Waals surface area contributed by atoms with Gasteiger partial charge in [-0.25, -0.2) is 0 Å². The summed E-state index contributed by atoms with van der Waals surface area (Å²) in [6, 6.07) is 6.02. The first-order valence-corrected chi connectivity index (χ1v) is 7.17. The molecule has 0 spiro atoms. The van der Waals surface area contributed by atoms with E-state index in [-0.39, 0.29) is 0 Å². The van der Waals surface area contributed by atoms with Gasteiger partial charge in [-0.15, -0.1) is 6.58 Å². The lowest BCUT2D eigenvalue weighted by Crippen LogP contribution is -2.24. The van der Waals surface area contributed by atoms with Crippen molar-refractivity contribution in [2.75, 3.05) is 26.4 Å². The first-order chi connectivity index (χ1) is 9.83. The van der Waals surface area contributed by atoms with Gasteiger partial charge in [-0.05, 0) is 30.3 Å². The summed E-state index contributed by atoms with van der Waals surface area (Å²) in [5, 5.41) is 0. The first kappa shape index (κ1) is 13.3. The van der Waals surface area contributed by atoms with E-state index >= 15 is 0 Å². The number of hydrogen-bond acceptors (Lipinski definition) is 3. The Hall–Kier alpha value is -1.68. The van der Waals surface area contributed by atoms with Gasteiger partial charge in [-0.3, -0.25) is 0 Å². The smallest absolute Gasteiger partial charge is 0.179 e. The Morgan fingerprint density at radius 1 is 1.05 bits per heavy atom. The maximum Gasteiger partial charge on any atom is 0.179 e. The van der Waals surface area contributed by atoms with Crippen molar-refractivity contribution in [1.29, 1.82) is 0 Å². The van der Waals surface area contributed by atoms with E-state index in [1.54, 1.807) is 0 Å². The van der Waals surface area contributed by atoms with Crippen LogP contribution in [0.15, 0.2) is 36.3 Å². The lowest BCUT2D eigenvalue weighted by atomic mass is 9.40. The van der Waals surface area contributed by atoms with Crippen molar-refractivity contribution in [3.05, 3.63) is 41.9 Å². The summed E-state index contributed by atoms with van der Waals surface area (Å²) >= 11 is 0. The van der Waals surface area contributed by atoms with E-state index in [0.29, 0.717) is 19.9 Å². The molecule has 104 valence electrons. The highest BCUT2D eigenvalue weighted by atomic mass is 16.6. The molecule has 2 aliphatic heterocycles. The van der Waals surface area contributed by atoms with E-state index in [0.717, 1.165) is 42.9 Å². The molecule has 0 aromatic heterocycles. The molecule has 3 nitrogen and oxygen atoms in total. The zero-order valence-corrected chi connectivity index (χ0v) is 11.6. The third-order valence-electron chi connectivity index (χ3n) is 3.80. The molecule has 0 bridgehead atoms. The predicted molar refractivity (Wildman–Crippen MR) is 81.8 cm³/mol. The fourth-order valence-electron chi connectivity index (χ4n) is 2.57. The maximum absolute atomic E-state index is 5.59. The lowest BCUT2D eigenvalue weighted by molar-refractivity contribution is 0.151. The zero-order chi connectivity index (χ0) is 13.8. The molecule has 0 N–H and O–H groups in total. The monoisotopic (exact) mass is 270 g/mol. The van der Waals surface area contributed by atoms with Crippen LogP contribution in [0.5, 0.6) is 11.5 Å². The molecule has 2 heterocycles. The van der Waals surface area contributed by atoms with Crippen molar-refractivity contribution in [3.8, 4) is 11.5 Å². The van der Waals surface area contributed by atoms with Gasteiger partial charge in [0.05, 0.1) is 0 Å². The number of rotatable bonds is 3. The van der Waals surface area contributed by atoms with Crippen LogP contribution in [0.2, 0.25) is 12.6 Å². The van der Waals surface area contributed by atoms with Crippen LogP contribution in [0.3, 0.4) is 0 Å². The van der Waals surface area contributed by atoms with E-state index in [4.69, 9.17) is 14.2 Å². The summed E-state index contributed by atoms with van der Waals surface area (Å²) in [5.41, 5.74) is 2.30. The third kappa shape index (κ3) is 3.07. The highest BCUT2D eigenvalue weighted by Crippen LogP contribution is 2.31. The van der Waals surface area contributed by atoms with Crippen molar-refractivity contribution in [2.45, 2.75) is 12.6 Å². The second-order valence-corrected chi connectivity index (χ2v) is 5.20. The Balaban J connectivity index is 1.67. The molecule has 0 amide bonds. The minimum atomic E-state index is 0.553. The minimum absolute atomic E-state index is 0.553. The van der Waals surface area contributed by atoms with Crippen LogP contribution in [0.1, 0.15) is 5.56 Å². The van der Waals surface area contributed by atoms with Gasteiger partial charge in [0.25, 0.3) is 0 Å². The highest BCUT2D eigenvalue weighted by Gasteiger charge is 2.19. The molecule has 4 heteroatoms. The van der Waals surface area contributed by atoms with Gasteiger partial charge < -0.3 is 14.2 Å². The van der Waals surface area contributed by atoms with Crippen LogP contribution in [-0.4, -0.2) is 33.1 Å². The van der Waals surface area contributed by atoms with E-state index in [2.05, 4.69) is 18.7 Å². The Morgan fingerprint density at radius 3 is 2.60 bits per heavy atom. The molecule has 1 fully saturated rings. The van der Waals surface area contributed by atoms with Crippen LogP contribution < -0.4 is 9.47 Å². The standard InChI is InChI=1S/C16H19BO3/c1-13(17-6-8-18-9-7-17)2-3-14-4-5-15-16(12-14)20-11-10-19-15/h2-5,12H,1,6-11H2/b3-2+. The predicted octanol–water partition coefficient (Wildman–Crippen LogP) is 3.09. The lowest BCUT2D eigenvalue weighted by Gasteiger charge is -2.19. The van der Waals surface area contributed by atoms with Gasteiger partial charge in [0.1, 0.15) is 13.2 Å². The van der Waals surface area contributed by atoms with Crippen molar-refractivity contribution in [3.63, 3.8) is 0 Å². The number of hydrogen-bond donors (Lipinski definition) is 0. The minimum Gasteiger partial charge on any atom is -0.486 e. The van der Waals surface area contributed by atoms with Crippen molar-refractivity contribution in [1.82, 2.24) is 0 Å². The zero-order valence-electron chi connectivity index (χ0n) is 11.6. The summed E-state index contributed by atoms with van der Waals surface area (Å²) in [7, 11) is 0. The summed E-state index contributed by atoms with van der Waals surface area (Å²) in [6.45, 7) is 7.68. The molecule has 2 aliphatic rings. The van der Waals surface area contributed by atoms with Crippen LogP contribution in [0, 0.1) is 0 Å². The first-order valence-electron chi connectivity index (χ1n) is 7.17. The molecule has 1 aromatic carbocycles. The SMILES string of the molecule is C=C(/C=C/c1ccc2c(c1)OCCO2)B1CCOCC1. The van der Waals surface area contributed by atoms with E-state index in [1.807, 2.05) is 18.2 Å². The molecule has 20 heavy (non-hydrogen) atoms. The summed E-state index contributed by atoms with van der Waals surface area (Å²) in [4.78, 5) is 0. The number of allylic oxidation sites excluding steroid dienone is 2. The summed E-state index contributed by atoms with van der Waals surface area (Å²) in [6.07, 6.45) is 6.35. The Morgan fingerprint density at radius 2 is 1.80 bits per heavy atom. The molecule has 0 atom stereocenters. The Labute approximate surface area is 120 Å². The van der Waals surface area contributed by atoms with Crippen molar-refractivity contribution < 1.29 is 14.2 Å². The average Bonchev–Trinajstić information content (AvgIpc) is 2.53. The number of benzene rings is 1. The second kappa shape index (κ2) is 6.18. The van der Waals surface area contributed by atoms with Gasteiger partial charge in [-0.1, -0.05) is 23.7 Å². The van der Waals surface area contributed by atoms with Crippen LogP contribution in [0.4, 0.5) is 0 Å². The van der Waals surface area contributed by atoms with Gasteiger partial charge >= 0.3 is 0 Å². The molecule has 0 saturated carbocycles. The Kier molecular flexibility index (Phi) is 4.12. The normalized spacial score (nSPS) is 18.3. The topological polar surface area (TPSA) is 27.7 Å². The van der Waals surface area contributed by atoms with Crippen LogP contribution in [0.25, 0.3) is 6.08 Å². The molecular formula is C16H19BO3. The number of fused-ring (bicyclic) bond motifs is 1. The molecule has 1 saturated heterocycles. The van der Waals surface area contributed by atoms with E-state index in [9.17, 15) is 0 Å². The molecule has 1 aromatic rings. The summed E-state index contributed by atoms with van der Waals surface area (Å²) < 4.78 is 16.5. The van der Waals surface area contributed by atoms with Gasteiger partial charge in [-0.2, -0.15) is 0 Å². The van der Waals surface area contributed by atoms with Gasteiger partial charge in [0.2, 0.25) is 0 Å². The van der Waals surface area contributed by atoms with Crippen LogP contribution in [-0.2, 0) is 4.74 Å². The number of ether oxygens (including phenoxy) is 3. The molecule has 0 radical (unpaired) electrons. The van der Waals surface area contributed by atoms with Crippen molar-refractivity contribution >= 4 is 12.8 Å². The fourth-order valence-corrected chi connectivity index (χ4v) is 2.57. The molecule has 0 unspecified atom stereocenters. The van der Waals surface area contributed by atoms with Crippen LogP contribution >= 0.6 is 0 Å². The molecule has 3 rings (SSSR count). The van der Waals surface area contributed by atoms with Gasteiger partial charge in [0, 0.05) is 13.2 Å². The third-order valence-corrected chi connectivity index (χ3v) is 3.80. The molecular weight excluding hydrogens is 251 g/mol. The van der Waals surface area contributed by atoms with Crippen molar-refractivity contribution in [2.24, 2.45) is 0 Å². The Bertz CT molecular complexity index is 518. The van der Waals surface area contributed by atoms with E-state index < -0.39 is 0 Å². The van der Waals surface area contributed by atoms with E-state index in [1.165, 1.54) is 5.47 Å². The fraction of sp³-hybridized carbons (Fsp3) is 0.375. The average molecular weight is 270 g/mol. The summed E-state index contributed by atoms with van der Waals surface area (Å²) in [5.74, 6) is 1.66. The quantitative estimate of drug-likeness (QED) is 0.624.